The number of hydrogen-bond acceptors (Lipinski definition) is 5. The van der Waals surface area contributed by atoms with E-state index in [1.165, 1.54) is 4.31 Å². The highest BCUT2D eigenvalue weighted by Crippen LogP contribution is 2.34. The Labute approximate surface area is 185 Å². The first-order valence-corrected chi connectivity index (χ1v) is 12.1. The van der Waals surface area contributed by atoms with Crippen LogP contribution in [-0.2, 0) is 15.7 Å². The quantitative estimate of drug-likeness (QED) is 0.491. The van der Waals surface area contributed by atoms with Gasteiger partial charge in [-0.1, -0.05) is 12.1 Å². The van der Waals surface area contributed by atoms with Crippen LogP contribution in [0.4, 0.5) is 11.5 Å². The molecule has 3 aromatic rings. The van der Waals surface area contributed by atoms with Gasteiger partial charge in [0.05, 0.1) is 11.4 Å². The Kier molecular flexibility index (Phi) is 5.29. The molecule has 3 heterocycles. The molecule has 7 nitrogen and oxygen atoms in total. The van der Waals surface area contributed by atoms with Crippen LogP contribution < -0.4 is 9.62 Å². The molecule has 1 aromatic carbocycles. The first kappa shape index (κ1) is 19.9. The van der Waals surface area contributed by atoms with E-state index in [2.05, 4.69) is 15.3 Å². The summed E-state index contributed by atoms with van der Waals surface area (Å²) in [7, 11) is -2.82. The molecule has 2 N–H and O–H groups in total. The van der Waals surface area contributed by atoms with E-state index in [0.29, 0.717) is 22.8 Å². The highest BCUT2D eigenvalue weighted by Gasteiger charge is 2.30. The minimum Gasteiger partial charge on any atom is -0.346 e. The second kappa shape index (κ2) is 8.24. The Morgan fingerprint density at radius 1 is 1.19 bits per heavy atom. The number of carbonyl (C=O) groups excluding carboxylic acids is 1. The number of fused-ring (bicyclic) bond motifs is 1. The lowest BCUT2D eigenvalue weighted by Crippen LogP contribution is -2.20. The zero-order valence-electron chi connectivity index (χ0n) is 16.4. The minimum atomic E-state index is -2.82. The third-order valence-corrected chi connectivity index (χ3v) is 6.76. The summed E-state index contributed by atoms with van der Waals surface area (Å²) in [6.07, 6.45) is 7.35. The van der Waals surface area contributed by atoms with Gasteiger partial charge in [-0.05, 0) is 65.8 Å². The summed E-state index contributed by atoms with van der Waals surface area (Å²) in [6, 6.07) is 11.2. The number of benzene rings is 1. The van der Waals surface area contributed by atoms with Crippen molar-refractivity contribution < 1.29 is 13.2 Å². The van der Waals surface area contributed by atoms with E-state index < -0.39 is 10.9 Å². The highest BCUT2D eigenvalue weighted by molar-refractivity contribution is 8.02. The number of nitrogens with one attached hydrogen (secondary N) is 2. The lowest BCUT2D eigenvalue weighted by Gasteiger charge is -2.20. The number of anilines is 2. The zero-order chi connectivity index (χ0) is 21.4. The first-order chi connectivity index (χ1) is 15.1. The van der Waals surface area contributed by atoms with Crippen molar-refractivity contribution in [2.45, 2.75) is 12.8 Å². The molecule has 1 aliphatic carbocycles. The number of thioether (sulfide) groups is 1. The van der Waals surface area contributed by atoms with Gasteiger partial charge >= 0.3 is 0 Å². The fourth-order valence-corrected chi connectivity index (χ4v) is 4.84. The van der Waals surface area contributed by atoms with Crippen LogP contribution in [0.3, 0.4) is 0 Å². The lowest BCUT2D eigenvalue weighted by atomic mass is 10.0. The maximum atomic E-state index is 12.2. The molecule has 1 amide bonds. The molecule has 5 rings (SSSR count). The van der Waals surface area contributed by atoms with Gasteiger partial charge in [-0.3, -0.25) is 4.79 Å². The summed E-state index contributed by atoms with van der Waals surface area (Å²) in [4.78, 5) is 19.8. The maximum absolute atomic E-state index is 12.2. The van der Waals surface area contributed by atoms with E-state index in [1.807, 2.05) is 41.9 Å². The molecular formula is C22H20N4O3S2. The van der Waals surface area contributed by atoms with E-state index in [9.17, 15) is 13.2 Å². The SMILES string of the molecule is O=C(Nc1cc(-c2ccc(N(C3=CCSC=C3)[SH](=O)=O)cc2)c2cc[nH]c2n1)C1CC1. The van der Waals surface area contributed by atoms with Crippen molar-refractivity contribution in [3.63, 3.8) is 0 Å². The second-order valence-electron chi connectivity index (χ2n) is 7.42. The lowest BCUT2D eigenvalue weighted by molar-refractivity contribution is -0.117. The Hall–Kier alpha value is -3.04. The van der Waals surface area contributed by atoms with E-state index in [4.69, 9.17) is 0 Å². The molecule has 0 spiro atoms. The predicted molar refractivity (Wildman–Crippen MR) is 125 cm³/mol. The molecular weight excluding hydrogens is 432 g/mol. The number of aromatic amines is 1. The van der Waals surface area contributed by atoms with Crippen molar-refractivity contribution in [3.05, 3.63) is 65.9 Å². The van der Waals surface area contributed by atoms with Crippen LogP contribution in [0.25, 0.3) is 22.2 Å². The molecule has 1 saturated carbocycles. The Bertz CT molecular complexity index is 1280. The molecule has 158 valence electrons. The average molecular weight is 453 g/mol. The number of nitrogens with zero attached hydrogens (tertiary/aromatic N) is 2. The molecule has 1 fully saturated rings. The molecule has 0 bridgehead atoms. The number of allylic oxidation sites excluding steroid dienone is 1. The van der Waals surface area contributed by atoms with Crippen molar-refractivity contribution >= 4 is 51.1 Å². The maximum Gasteiger partial charge on any atom is 0.229 e. The van der Waals surface area contributed by atoms with Gasteiger partial charge in [-0.15, -0.1) is 11.8 Å². The van der Waals surface area contributed by atoms with Gasteiger partial charge in [-0.2, -0.15) is 0 Å². The first-order valence-electron chi connectivity index (χ1n) is 9.92. The molecule has 2 aliphatic rings. The van der Waals surface area contributed by atoms with E-state index >= 15 is 0 Å². The van der Waals surface area contributed by atoms with Crippen LogP contribution in [0, 0.1) is 5.92 Å². The molecule has 31 heavy (non-hydrogen) atoms. The van der Waals surface area contributed by atoms with Gasteiger partial charge in [0.2, 0.25) is 16.8 Å². The fourth-order valence-electron chi connectivity index (χ4n) is 3.57. The van der Waals surface area contributed by atoms with Gasteiger partial charge in [0.15, 0.2) is 0 Å². The van der Waals surface area contributed by atoms with Gasteiger partial charge in [-0.25, -0.2) is 17.7 Å². The van der Waals surface area contributed by atoms with Crippen molar-refractivity contribution in [1.82, 2.24) is 9.97 Å². The number of amides is 1. The minimum absolute atomic E-state index is 0.00145. The normalized spacial score (nSPS) is 15.8. The molecule has 1 aliphatic heterocycles. The molecule has 0 atom stereocenters. The fraction of sp³-hybridized carbons (Fsp3) is 0.182. The van der Waals surface area contributed by atoms with Crippen LogP contribution in [0.1, 0.15) is 12.8 Å². The van der Waals surface area contributed by atoms with Crippen LogP contribution in [0.15, 0.2) is 65.9 Å². The Morgan fingerprint density at radius 3 is 2.68 bits per heavy atom. The summed E-state index contributed by atoms with van der Waals surface area (Å²) in [5.41, 5.74) is 3.72. The summed E-state index contributed by atoms with van der Waals surface area (Å²) < 4.78 is 25.2. The molecule has 0 unspecified atom stereocenters. The van der Waals surface area contributed by atoms with Crippen LogP contribution >= 0.6 is 11.8 Å². The molecule has 0 saturated heterocycles. The molecule has 9 heteroatoms. The standard InChI is InChI=1S/C22H20N4O3S2/c27-22(15-1-2-15)25-20-13-19(18-7-10-23-21(18)24-20)14-3-5-16(6-4-14)26(31(28)29)17-8-11-30-12-9-17/h3-11,13,15,31H,1-2,12H2,(H2,23,24,25,27). The van der Waals surface area contributed by atoms with Gasteiger partial charge in [0, 0.05) is 23.3 Å². The predicted octanol–water partition coefficient (Wildman–Crippen LogP) is 4.06. The summed E-state index contributed by atoms with van der Waals surface area (Å²) >= 11 is 1.62. The van der Waals surface area contributed by atoms with Gasteiger partial charge < -0.3 is 10.3 Å². The Balaban J connectivity index is 1.50. The van der Waals surface area contributed by atoms with Gasteiger partial charge in [0.25, 0.3) is 0 Å². The summed E-state index contributed by atoms with van der Waals surface area (Å²) in [5.74, 6) is 1.33. The number of H-pyrrole nitrogens is 1. The van der Waals surface area contributed by atoms with Crippen LogP contribution in [0.5, 0.6) is 0 Å². The highest BCUT2D eigenvalue weighted by atomic mass is 32.2. The van der Waals surface area contributed by atoms with Crippen LogP contribution in [-0.4, -0.2) is 30.0 Å². The number of rotatable bonds is 6. The zero-order valence-corrected chi connectivity index (χ0v) is 18.2. The van der Waals surface area contributed by atoms with Crippen molar-refractivity contribution in [2.75, 3.05) is 15.4 Å². The van der Waals surface area contributed by atoms with Crippen molar-refractivity contribution in [1.29, 1.82) is 0 Å². The van der Waals surface area contributed by atoms with Gasteiger partial charge in [0.1, 0.15) is 11.5 Å². The monoisotopic (exact) mass is 452 g/mol. The third-order valence-electron chi connectivity index (χ3n) is 5.28. The topological polar surface area (TPSA) is 95.2 Å². The number of hydrogen-bond donors (Lipinski definition) is 3. The number of carbonyl (C=O) groups is 1. The second-order valence-corrected chi connectivity index (χ2v) is 9.23. The average Bonchev–Trinajstić information content (AvgIpc) is 3.52. The third kappa shape index (κ3) is 4.11. The van der Waals surface area contributed by atoms with E-state index in [-0.39, 0.29) is 11.8 Å². The summed E-state index contributed by atoms with van der Waals surface area (Å²) in [5, 5.41) is 5.73. The van der Waals surface area contributed by atoms with E-state index in [0.717, 1.165) is 35.1 Å². The number of pyridine rings is 1. The molecule has 0 radical (unpaired) electrons. The van der Waals surface area contributed by atoms with Crippen molar-refractivity contribution in [2.24, 2.45) is 5.92 Å². The van der Waals surface area contributed by atoms with E-state index in [1.54, 1.807) is 30.0 Å². The Morgan fingerprint density at radius 2 is 2.00 bits per heavy atom. The number of aromatic nitrogens is 2. The smallest absolute Gasteiger partial charge is 0.229 e. The number of thiol groups is 1. The van der Waals surface area contributed by atoms with Crippen LogP contribution in [0.2, 0.25) is 0 Å². The van der Waals surface area contributed by atoms with Crippen molar-refractivity contribution in [3.8, 4) is 11.1 Å². The summed E-state index contributed by atoms with van der Waals surface area (Å²) in [6.45, 7) is 0. The molecule has 2 aromatic heterocycles. The largest absolute Gasteiger partial charge is 0.346 e.